The minimum Gasteiger partial charge on any atom is -0.307 e. The van der Waals surface area contributed by atoms with Crippen LogP contribution < -0.4 is 11.1 Å². The third kappa shape index (κ3) is 2.71. The molecular weight excluding hydrogens is 354 g/mol. The number of rotatable bonds is 2. The molecule has 8 heteroatoms. The van der Waals surface area contributed by atoms with Crippen molar-refractivity contribution in [1.29, 1.82) is 0 Å². The lowest BCUT2D eigenvalue weighted by atomic mass is 9.83. The van der Waals surface area contributed by atoms with Gasteiger partial charge in [0.2, 0.25) is 10.0 Å². The minimum atomic E-state index is -3.50. The first-order valence-corrected chi connectivity index (χ1v) is 10.7. The number of benzene rings is 1. The summed E-state index contributed by atoms with van der Waals surface area (Å²) in [7, 11) is -3.50. The summed E-state index contributed by atoms with van der Waals surface area (Å²) in [5, 5.41) is 4.19. The van der Waals surface area contributed by atoms with E-state index in [4.69, 9.17) is 17.3 Å². The number of nitrogens with zero attached hydrogens (tertiary/aromatic N) is 1. The van der Waals surface area contributed by atoms with E-state index in [2.05, 4.69) is 5.32 Å². The van der Waals surface area contributed by atoms with Crippen LogP contribution in [-0.4, -0.2) is 41.6 Å². The van der Waals surface area contributed by atoms with E-state index in [1.165, 1.54) is 0 Å². The molecule has 3 N–H and O–H groups in total. The van der Waals surface area contributed by atoms with E-state index in [0.717, 1.165) is 25.7 Å². The molecule has 4 rings (SSSR count). The summed E-state index contributed by atoms with van der Waals surface area (Å²) in [4.78, 5) is 0.331. The van der Waals surface area contributed by atoms with Crippen LogP contribution >= 0.6 is 23.4 Å². The highest BCUT2D eigenvalue weighted by molar-refractivity contribution is 8.00. The Morgan fingerprint density at radius 3 is 2.74 bits per heavy atom. The number of nitrogens with one attached hydrogen (secondary N) is 1. The molecule has 5 nitrogen and oxygen atoms in total. The second kappa shape index (κ2) is 5.89. The summed E-state index contributed by atoms with van der Waals surface area (Å²) in [6.45, 7) is 0. The van der Waals surface area contributed by atoms with E-state index < -0.39 is 10.0 Å². The number of piperidine rings is 2. The first-order valence-electron chi connectivity index (χ1n) is 7.93. The molecule has 3 fully saturated rings. The second-order valence-corrected chi connectivity index (χ2v) is 10.1. The second-order valence-electron chi connectivity index (χ2n) is 6.47. The number of nitrogens with two attached hydrogens (primary N) is 1. The van der Waals surface area contributed by atoms with Crippen molar-refractivity contribution >= 4 is 33.4 Å². The van der Waals surface area contributed by atoms with Crippen LogP contribution in [0.3, 0.4) is 0 Å². The van der Waals surface area contributed by atoms with Gasteiger partial charge < -0.3 is 5.73 Å². The summed E-state index contributed by atoms with van der Waals surface area (Å²) in [6.07, 6.45) is 3.76. The number of fused-ring (bicyclic) bond motifs is 4. The topological polar surface area (TPSA) is 75.4 Å². The van der Waals surface area contributed by atoms with Crippen molar-refractivity contribution in [1.82, 2.24) is 9.62 Å². The number of hydrogen-bond donors (Lipinski definition) is 2. The van der Waals surface area contributed by atoms with Crippen LogP contribution in [0.15, 0.2) is 29.2 Å². The van der Waals surface area contributed by atoms with Crippen LogP contribution in [0.5, 0.6) is 0 Å². The Kier molecular flexibility index (Phi) is 4.14. The third-order valence-corrected chi connectivity index (χ3v) is 8.73. The van der Waals surface area contributed by atoms with Gasteiger partial charge in [-0.25, -0.2) is 8.42 Å². The van der Waals surface area contributed by atoms with E-state index >= 15 is 0 Å². The molecule has 0 aliphatic carbocycles. The van der Waals surface area contributed by atoms with Gasteiger partial charge in [0.05, 0.1) is 4.90 Å². The zero-order valence-electron chi connectivity index (χ0n) is 12.6. The van der Waals surface area contributed by atoms with Gasteiger partial charge in [-0.1, -0.05) is 18.0 Å². The largest absolute Gasteiger partial charge is 0.307 e. The Bertz CT molecular complexity index is 697. The van der Waals surface area contributed by atoms with Crippen molar-refractivity contribution in [3.8, 4) is 0 Å². The molecule has 3 aliphatic heterocycles. The minimum absolute atomic E-state index is 0.0271. The van der Waals surface area contributed by atoms with Gasteiger partial charge in [-0.3, -0.25) is 5.32 Å². The lowest BCUT2D eigenvalue weighted by Gasteiger charge is -2.49. The van der Waals surface area contributed by atoms with Gasteiger partial charge in [-0.05, 0) is 43.5 Å². The zero-order chi connectivity index (χ0) is 16.2. The number of thioether (sulfide) groups is 1. The van der Waals surface area contributed by atoms with Gasteiger partial charge in [0.25, 0.3) is 0 Å². The molecule has 3 heterocycles. The van der Waals surface area contributed by atoms with Crippen molar-refractivity contribution in [2.45, 2.75) is 59.5 Å². The van der Waals surface area contributed by atoms with E-state index in [0.29, 0.717) is 16.0 Å². The first-order chi connectivity index (χ1) is 11.0. The Hall–Kier alpha value is -0.310. The summed E-state index contributed by atoms with van der Waals surface area (Å²) < 4.78 is 28.2. The lowest BCUT2D eigenvalue weighted by molar-refractivity contribution is 0.111. The molecule has 0 spiro atoms. The lowest BCUT2D eigenvalue weighted by Crippen LogP contribution is -2.62. The van der Waals surface area contributed by atoms with Gasteiger partial charge in [-0.2, -0.15) is 4.31 Å². The number of sulfonamides is 1. The van der Waals surface area contributed by atoms with Crippen LogP contribution in [-0.2, 0) is 10.0 Å². The highest BCUT2D eigenvalue weighted by Crippen LogP contribution is 2.45. The number of hydrogen-bond acceptors (Lipinski definition) is 5. The monoisotopic (exact) mass is 373 g/mol. The molecule has 1 aromatic carbocycles. The molecule has 3 aliphatic rings. The number of halogens is 1. The van der Waals surface area contributed by atoms with Crippen molar-refractivity contribution in [3.63, 3.8) is 0 Å². The molecular formula is C15H20ClN3O2S2. The van der Waals surface area contributed by atoms with Crippen molar-refractivity contribution in [2.75, 3.05) is 0 Å². The third-order valence-electron chi connectivity index (χ3n) is 5.10. The molecule has 23 heavy (non-hydrogen) atoms. The van der Waals surface area contributed by atoms with Crippen molar-refractivity contribution in [3.05, 3.63) is 29.3 Å². The van der Waals surface area contributed by atoms with Crippen molar-refractivity contribution < 1.29 is 8.42 Å². The standard InChI is InChI=1S/C15H20ClN3O2S2/c16-9-4-6-11(7-5-9)23(20,21)19-10-2-1-3-13(19)14-12(8-10)18-15(17)22-14/h4-7,10,12-15,18H,1-3,8,17H2. The highest BCUT2D eigenvalue weighted by atomic mass is 35.5. The molecule has 126 valence electrons. The Labute approximate surface area is 146 Å². The van der Waals surface area contributed by atoms with Gasteiger partial charge in [-0.15, -0.1) is 11.8 Å². The van der Waals surface area contributed by atoms with Crippen LogP contribution in [0.25, 0.3) is 0 Å². The van der Waals surface area contributed by atoms with Gasteiger partial charge in [0.15, 0.2) is 0 Å². The van der Waals surface area contributed by atoms with Crippen LogP contribution in [0, 0.1) is 0 Å². The summed E-state index contributed by atoms with van der Waals surface area (Å²) in [6, 6.07) is 6.89. The molecule has 5 atom stereocenters. The normalized spacial score (nSPS) is 37.6. The fourth-order valence-corrected chi connectivity index (χ4v) is 7.71. The van der Waals surface area contributed by atoms with E-state index in [1.807, 2.05) is 0 Å². The maximum absolute atomic E-state index is 13.2. The van der Waals surface area contributed by atoms with E-state index in [1.54, 1.807) is 40.3 Å². The highest BCUT2D eigenvalue weighted by Gasteiger charge is 2.53. The predicted molar refractivity (Wildman–Crippen MR) is 92.8 cm³/mol. The molecule has 0 saturated carbocycles. The summed E-state index contributed by atoms with van der Waals surface area (Å²) >= 11 is 7.57. The van der Waals surface area contributed by atoms with Gasteiger partial charge in [0, 0.05) is 28.4 Å². The van der Waals surface area contributed by atoms with Gasteiger partial charge >= 0.3 is 0 Å². The Morgan fingerprint density at radius 1 is 1.26 bits per heavy atom. The van der Waals surface area contributed by atoms with Crippen molar-refractivity contribution in [2.24, 2.45) is 5.73 Å². The van der Waals surface area contributed by atoms with Crippen LogP contribution in [0.4, 0.5) is 0 Å². The molecule has 0 radical (unpaired) electrons. The SMILES string of the molecule is NC1NC2CC3CCCC(C2S1)N3S(=O)(=O)c1ccc(Cl)cc1. The zero-order valence-corrected chi connectivity index (χ0v) is 14.9. The maximum atomic E-state index is 13.2. The molecule has 5 unspecified atom stereocenters. The van der Waals surface area contributed by atoms with Gasteiger partial charge in [0.1, 0.15) is 5.50 Å². The Balaban J connectivity index is 1.71. The van der Waals surface area contributed by atoms with Crippen LogP contribution in [0.1, 0.15) is 25.7 Å². The van der Waals surface area contributed by atoms with E-state index in [9.17, 15) is 8.42 Å². The average molecular weight is 374 g/mol. The first kappa shape index (κ1) is 16.2. The fourth-order valence-electron chi connectivity index (χ4n) is 4.18. The van der Waals surface area contributed by atoms with Crippen LogP contribution in [0.2, 0.25) is 5.02 Å². The molecule has 1 aromatic rings. The average Bonchev–Trinajstić information content (AvgIpc) is 2.87. The molecule has 3 saturated heterocycles. The predicted octanol–water partition coefficient (Wildman–Crippen LogP) is 1.97. The molecule has 0 amide bonds. The quantitative estimate of drug-likeness (QED) is 0.829. The fraction of sp³-hybridized carbons (Fsp3) is 0.600. The summed E-state index contributed by atoms with van der Waals surface area (Å²) in [5.74, 6) is 0. The maximum Gasteiger partial charge on any atom is 0.243 e. The Morgan fingerprint density at radius 2 is 2.00 bits per heavy atom. The van der Waals surface area contributed by atoms with E-state index in [-0.39, 0.29) is 22.8 Å². The smallest absolute Gasteiger partial charge is 0.243 e. The molecule has 0 aromatic heterocycles. The summed E-state index contributed by atoms with van der Waals surface area (Å²) in [5.41, 5.74) is 5.94. The molecule has 2 bridgehead atoms.